The fraction of sp³-hybridized carbons (Fsp3) is 0. The molecule has 2 nitrogen and oxygen atoms in total. The normalized spacial score (nSPS) is 11.8. The Hall–Kier alpha value is -4.52. The van der Waals surface area contributed by atoms with Gasteiger partial charge in [-0.3, -0.25) is 4.98 Å². The number of rotatable bonds is 4. The first-order valence-corrected chi connectivity index (χ1v) is 14.5. The van der Waals surface area contributed by atoms with E-state index < -0.39 is 7.14 Å². The largest absolute Gasteiger partial charge is 0.309 e. The molecule has 0 spiro atoms. The van der Waals surface area contributed by atoms with Gasteiger partial charge in [0, 0.05) is 32.9 Å². The molecule has 1 aromatic heterocycles. The molecule has 0 aliphatic heterocycles. The van der Waals surface area contributed by atoms with E-state index in [4.69, 9.17) is 4.98 Å². The zero-order valence-electron chi connectivity index (χ0n) is 20.7. The van der Waals surface area contributed by atoms with Crippen molar-refractivity contribution < 1.29 is 4.57 Å². The molecule has 7 aromatic rings. The van der Waals surface area contributed by atoms with Crippen molar-refractivity contribution in [2.24, 2.45) is 0 Å². The number of pyridine rings is 1. The third kappa shape index (κ3) is 3.57. The number of hydrogen-bond acceptors (Lipinski definition) is 2. The van der Waals surface area contributed by atoms with E-state index >= 15 is 0 Å². The van der Waals surface area contributed by atoms with E-state index in [0.717, 1.165) is 43.3 Å². The molecular formula is C35H24NOP. The van der Waals surface area contributed by atoms with Crippen molar-refractivity contribution in [2.75, 3.05) is 0 Å². The predicted molar refractivity (Wildman–Crippen MR) is 162 cm³/mol. The van der Waals surface area contributed by atoms with E-state index in [9.17, 15) is 4.57 Å². The van der Waals surface area contributed by atoms with E-state index in [-0.39, 0.29) is 0 Å². The lowest BCUT2D eigenvalue weighted by atomic mass is 9.94. The third-order valence-corrected chi connectivity index (χ3v) is 10.5. The van der Waals surface area contributed by atoms with Gasteiger partial charge >= 0.3 is 0 Å². The summed E-state index contributed by atoms with van der Waals surface area (Å²) in [6, 6.07) is 47.1. The molecule has 0 unspecified atom stereocenters. The van der Waals surface area contributed by atoms with Crippen LogP contribution in [0.1, 0.15) is 0 Å². The first kappa shape index (κ1) is 22.7. The molecule has 0 atom stereocenters. The molecule has 6 aromatic carbocycles. The molecule has 0 radical (unpaired) electrons. The lowest BCUT2D eigenvalue weighted by Gasteiger charge is -2.20. The first-order valence-electron chi connectivity index (χ1n) is 12.7. The minimum Gasteiger partial charge on any atom is -0.309 e. The van der Waals surface area contributed by atoms with Gasteiger partial charge in [0.05, 0.1) is 5.52 Å². The molecule has 0 saturated carbocycles. The molecule has 180 valence electrons. The second-order valence-corrected chi connectivity index (χ2v) is 12.3. The Balaban J connectivity index is 1.38. The van der Waals surface area contributed by atoms with Crippen LogP contribution in [-0.4, -0.2) is 4.98 Å². The SMILES string of the molecule is O=P(c1ccccc1)(c1ccccc1)c1ccc(-c2ccc3c4ccccc4c4cccnc4c3c2)cc1. The number of hydrogen-bond donors (Lipinski definition) is 0. The Morgan fingerprint density at radius 3 is 1.58 bits per heavy atom. The summed E-state index contributed by atoms with van der Waals surface area (Å²) >= 11 is 0. The van der Waals surface area contributed by atoms with Crippen LogP contribution < -0.4 is 15.9 Å². The van der Waals surface area contributed by atoms with E-state index in [1.807, 2.05) is 85.1 Å². The van der Waals surface area contributed by atoms with Gasteiger partial charge in [-0.05, 0) is 39.4 Å². The number of fused-ring (bicyclic) bond motifs is 6. The summed E-state index contributed by atoms with van der Waals surface area (Å²) < 4.78 is 14.7. The zero-order valence-corrected chi connectivity index (χ0v) is 21.6. The third-order valence-electron chi connectivity index (χ3n) is 7.39. The van der Waals surface area contributed by atoms with Crippen molar-refractivity contribution in [3.8, 4) is 11.1 Å². The summed E-state index contributed by atoms with van der Waals surface area (Å²) in [5.74, 6) is 0. The second kappa shape index (κ2) is 9.10. The van der Waals surface area contributed by atoms with Crippen LogP contribution >= 0.6 is 7.14 Å². The summed E-state index contributed by atoms with van der Waals surface area (Å²) in [7, 11) is -3.00. The van der Waals surface area contributed by atoms with E-state index in [1.54, 1.807) is 0 Å². The van der Waals surface area contributed by atoms with Gasteiger partial charge in [0.2, 0.25) is 0 Å². The lowest BCUT2D eigenvalue weighted by molar-refractivity contribution is 0.592. The van der Waals surface area contributed by atoms with Crippen molar-refractivity contribution in [2.45, 2.75) is 0 Å². The van der Waals surface area contributed by atoms with E-state index in [1.165, 1.54) is 16.2 Å². The van der Waals surface area contributed by atoms with Gasteiger partial charge in [-0.25, -0.2) is 0 Å². The standard InChI is InChI=1S/C35H24NOP/c37-38(27-10-3-1-4-11-27,28-12-5-2-6-13-28)29-20-17-25(18-21-29)26-19-22-32-30-14-7-8-15-31(30)33-16-9-23-36-35(33)34(32)24-26/h1-24H. The van der Waals surface area contributed by atoms with Gasteiger partial charge in [-0.1, -0.05) is 127 Å². The van der Waals surface area contributed by atoms with Crippen LogP contribution in [0, 0.1) is 0 Å². The molecule has 0 aliphatic carbocycles. The van der Waals surface area contributed by atoms with Crippen LogP contribution in [0.5, 0.6) is 0 Å². The highest BCUT2D eigenvalue weighted by Gasteiger charge is 2.29. The molecule has 0 aliphatic rings. The maximum atomic E-state index is 14.7. The van der Waals surface area contributed by atoms with Crippen molar-refractivity contribution in [3.63, 3.8) is 0 Å². The van der Waals surface area contributed by atoms with Crippen LogP contribution in [0.4, 0.5) is 0 Å². The van der Waals surface area contributed by atoms with E-state index in [0.29, 0.717) is 0 Å². The van der Waals surface area contributed by atoms with Gasteiger partial charge in [0.1, 0.15) is 0 Å². The van der Waals surface area contributed by atoms with Crippen LogP contribution in [0.25, 0.3) is 43.6 Å². The van der Waals surface area contributed by atoms with Crippen LogP contribution in [0.3, 0.4) is 0 Å². The molecule has 38 heavy (non-hydrogen) atoms. The van der Waals surface area contributed by atoms with Gasteiger partial charge in [-0.2, -0.15) is 0 Å². The monoisotopic (exact) mass is 505 g/mol. The Bertz CT molecular complexity index is 1900. The highest BCUT2D eigenvalue weighted by Crippen LogP contribution is 2.43. The maximum absolute atomic E-state index is 14.7. The predicted octanol–water partition coefficient (Wildman–Crippen LogP) is 7.85. The summed E-state index contributed by atoms with van der Waals surface area (Å²) in [6.45, 7) is 0. The molecular weight excluding hydrogens is 481 g/mol. The quantitative estimate of drug-likeness (QED) is 0.180. The van der Waals surface area contributed by atoms with Crippen LogP contribution in [0.2, 0.25) is 0 Å². The summed E-state index contributed by atoms with van der Waals surface area (Å²) in [6.07, 6.45) is 1.86. The van der Waals surface area contributed by atoms with E-state index in [2.05, 4.69) is 60.7 Å². The summed E-state index contributed by atoms with van der Waals surface area (Å²) in [4.78, 5) is 4.77. The Labute approximate surface area is 221 Å². The summed E-state index contributed by atoms with van der Waals surface area (Å²) in [5, 5.41) is 8.47. The minimum absolute atomic E-state index is 0.831. The van der Waals surface area contributed by atoms with Crippen molar-refractivity contribution >= 4 is 55.5 Å². The van der Waals surface area contributed by atoms with Gasteiger partial charge < -0.3 is 4.57 Å². The summed E-state index contributed by atoms with van der Waals surface area (Å²) in [5.41, 5.74) is 3.21. The lowest BCUT2D eigenvalue weighted by Crippen LogP contribution is -2.24. The highest BCUT2D eigenvalue weighted by atomic mass is 31.2. The molecule has 0 amide bonds. The fourth-order valence-electron chi connectivity index (χ4n) is 5.53. The number of aromatic nitrogens is 1. The fourth-order valence-corrected chi connectivity index (χ4v) is 8.18. The Morgan fingerprint density at radius 2 is 0.921 bits per heavy atom. The zero-order chi connectivity index (χ0) is 25.5. The minimum atomic E-state index is -3.00. The van der Waals surface area contributed by atoms with Crippen LogP contribution in [-0.2, 0) is 4.57 Å². The van der Waals surface area contributed by atoms with Crippen LogP contribution in [0.15, 0.2) is 146 Å². The van der Waals surface area contributed by atoms with Gasteiger partial charge in [0.25, 0.3) is 0 Å². The molecule has 7 rings (SSSR count). The molecule has 0 N–H and O–H groups in total. The average Bonchev–Trinajstić information content (AvgIpc) is 3.01. The smallest absolute Gasteiger partial charge is 0.171 e. The van der Waals surface area contributed by atoms with Crippen molar-refractivity contribution in [1.82, 2.24) is 4.98 Å². The van der Waals surface area contributed by atoms with Gasteiger partial charge in [-0.15, -0.1) is 0 Å². The molecule has 1 heterocycles. The second-order valence-electron chi connectivity index (χ2n) is 9.53. The topological polar surface area (TPSA) is 30.0 Å². The molecule has 0 fully saturated rings. The average molecular weight is 506 g/mol. The van der Waals surface area contributed by atoms with Crippen molar-refractivity contribution in [1.29, 1.82) is 0 Å². The number of benzene rings is 6. The first-order chi connectivity index (χ1) is 18.7. The molecule has 0 saturated heterocycles. The highest BCUT2D eigenvalue weighted by molar-refractivity contribution is 7.85. The molecule has 0 bridgehead atoms. The van der Waals surface area contributed by atoms with Crippen molar-refractivity contribution in [3.05, 3.63) is 146 Å². The van der Waals surface area contributed by atoms with Gasteiger partial charge in [0.15, 0.2) is 7.14 Å². The maximum Gasteiger partial charge on any atom is 0.171 e. The molecule has 3 heteroatoms. The Morgan fingerprint density at radius 1 is 0.421 bits per heavy atom. The Kier molecular flexibility index (Phi) is 5.43. The number of nitrogens with zero attached hydrogens (tertiary/aromatic N) is 1.